The lowest BCUT2D eigenvalue weighted by Crippen LogP contribution is -2.60. The summed E-state index contributed by atoms with van der Waals surface area (Å²) in [7, 11) is 6.40. The first-order valence-electron chi connectivity index (χ1n) is 13.2. The number of esters is 1. The van der Waals surface area contributed by atoms with Crippen molar-refractivity contribution in [2.75, 3.05) is 34.9 Å². The minimum atomic E-state index is -0.886. The van der Waals surface area contributed by atoms with E-state index in [0.29, 0.717) is 46.0 Å². The minimum Gasteiger partial charge on any atom is -0.504 e. The number of rotatable bonds is 5. The van der Waals surface area contributed by atoms with E-state index in [1.165, 1.54) is 21.3 Å². The molecule has 4 aliphatic rings. The van der Waals surface area contributed by atoms with Crippen LogP contribution >= 0.6 is 11.6 Å². The SMILES string of the molecule is COC(=O)[C@H]1C(c2cccc(Cl)c2)=NO[C@@H]1c1cc(OC)c(O)c2c1C[C@H]1C3C=C(OC)C(=O)C[C@@]23CCN1C. The number of ketones is 1. The largest absolute Gasteiger partial charge is 0.504 e. The number of benzene rings is 2. The van der Waals surface area contributed by atoms with Crippen LogP contribution in [0.3, 0.4) is 0 Å². The van der Waals surface area contributed by atoms with Gasteiger partial charge in [-0.25, -0.2) is 0 Å². The zero-order valence-electron chi connectivity index (χ0n) is 22.8. The number of likely N-dealkylation sites (N-methyl/N-ethyl adjacent to an activating group) is 1. The number of fused-ring (bicyclic) bond motifs is 1. The Kier molecular flexibility index (Phi) is 6.54. The molecule has 1 saturated heterocycles. The quantitative estimate of drug-likeness (QED) is 0.543. The molecule has 9 nitrogen and oxygen atoms in total. The van der Waals surface area contributed by atoms with Crippen molar-refractivity contribution >= 4 is 29.1 Å². The summed E-state index contributed by atoms with van der Waals surface area (Å²) in [5, 5.41) is 16.5. The fraction of sp³-hybridized carbons (Fsp3) is 0.433. The zero-order chi connectivity index (χ0) is 28.3. The smallest absolute Gasteiger partial charge is 0.319 e. The van der Waals surface area contributed by atoms with Crippen LogP contribution in [-0.2, 0) is 35.7 Å². The standard InChI is InChI=1S/C30H31ClN2O7/c1-33-9-8-30-14-21(34)22(37-2)13-19(30)20(33)11-17-18(12-23(38-3)27(35)25(17)30)28-24(29(36)39-4)26(32-40-28)15-6-5-7-16(31)10-15/h5-7,10,12-13,19-20,24,28,35H,8-9,11,14H2,1-4H3/t19?,20-,24-,28+,30+/m0/s1. The van der Waals surface area contributed by atoms with E-state index in [9.17, 15) is 14.7 Å². The second-order valence-electron chi connectivity index (χ2n) is 10.9. The number of piperidine rings is 1. The predicted octanol–water partition coefficient (Wildman–Crippen LogP) is 3.94. The first kappa shape index (κ1) is 26.7. The van der Waals surface area contributed by atoms with Crippen molar-refractivity contribution in [3.05, 3.63) is 69.4 Å². The molecule has 0 aromatic heterocycles. The van der Waals surface area contributed by atoms with E-state index in [1.807, 2.05) is 12.1 Å². The molecular formula is C30H31ClN2O7. The second kappa shape index (κ2) is 9.82. The van der Waals surface area contributed by atoms with E-state index in [0.717, 1.165) is 12.1 Å². The highest BCUT2D eigenvalue weighted by molar-refractivity contribution is 6.31. The number of likely N-dealkylation sites (tertiary alicyclic amines) is 1. The van der Waals surface area contributed by atoms with Crippen LogP contribution in [0.5, 0.6) is 11.5 Å². The van der Waals surface area contributed by atoms with Crippen LogP contribution in [0.1, 0.15) is 41.2 Å². The monoisotopic (exact) mass is 566 g/mol. The molecule has 0 spiro atoms. The van der Waals surface area contributed by atoms with Crippen molar-refractivity contribution in [3.63, 3.8) is 0 Å². The number of phenols is 1. The molecule has 0 saturated carbocycles. The molecule has 6 rings (SSSR count). The maximum atomic E-state index is 13.3. The number of oxime groups is 1. The number of aromatic hydroxyl groups is 1. The van der Waals surface area contributed by atoms with E-state index in [-0.39, 0.29) is 35.7 Å². The number of hydrogen-bond acceptors (Lipinski definition) is 9. The molecule has 0 radical (unpaired) electrons. The Hall–Kier alpha value is -3.56. The normalized spacial score (nSPS) is 29.0. The van der Waals surface area contributed by atoms with Gasteiger partial charge in [0.2, 0.25) is 0 Å². The van der Waals surface area contributed by atoms with Crippen molar-refractivity contribution in [1.82, 2.24) is 4.90 Å². The molecule has 210 valence electrons. The molecule has 2 bridgehead atoms. The summed E-state index contributed by atoms with van der Waals surface area (Å²) in [6.45, 7) is 0.767. The van der Waals surface area contributed by atoms with Gasteiger partial charge in [0.05, 0.1) is 21.3 Å². The number of nitrogens with zero attached hydrogens (tertiary/aromatic N) is 2. The fourth-order valence-corrected chi connectivity index (χ4v) is 7.43. The van der Waals surface area contributed by atoms with Gasteiger partial charge in [0.1, 0.15) is 11.6 Å². The zero-order valence-corrected chi connectivity index (χ0v) is 23.5. The number of ether oxygens (including phenoxy) is 3. The highest BCUT2D eigenvalue weighted by Crippen LogP contribution is 2.59. The third-order valence-electron chi connectivity index (χ3n) is 9.11. The Bertz CT molecular complexity index is 1470. The van der Waals surface area contributed by atoms with E-state index < -0.39 is 23.4 Å². The molecule has 2 aromatic carbocycles. The van der Waals surface area contributed by atoms with Gasteiger partial charge in [-0.1, -0.05) is 28.9 Å². The third-order valence-corrected chi connectivity index (χ3v) is 9.35. The third kappa shape index (κ3) is 3.82. The molecule has 1 N–H and O–H groups in total. The number of hydrogen-bond donors (Lipinski definition) is 1. The van der Waals surface area contributed by atoms with Crippen LogP contribution in [0.4, 0.5) is 0 Å². The van der Waals surface area contributed by atoms with Crippen molar-refractivity contribution < 1.29 is 33.7 Å². The van der Waals surface area contributed by atoms with Gasteiger partial charge in [0.15, 0.2) is 29.1 Å². The van der Waals surface area contributed by atoms with Crippen molar-refractivity contribution in [3.8, 4) is 11.5 Å². The lowest BCUT2D eigenvalue weighted by Gasteiger charge is -2.57. The maximum Gasteiger partial charge on any atom is 0.319 e. The molecule has 10 heteroatoms. The molecular weight excluding hydrogens is 536 g/mol. The van der Waals surface area contributed by atoms with Gasteiger partial charge in [-0.3, -0.25) is 9.59 Å². The maximum absolute atomic E-state index is 13.3. The van der Waals surface area contributed by atoms with Gasteiger partial charge in [0.25, 0.3) is 0 Å². The Labute approximate surface area is 237 Å². The molecule has 1 fully saturated rings. The number of allylic oxidation sites excluding steroid dienone is 1. The Morgan fingerprint density at radius 1 is 1.23 bits per heavy atom. The summed E-state index contributed by atoms with van der Waals surface area (Å²) < 4.78 is 16.3. The highest BCUT2D eigenvalue weighted by Gasteiger charge is 2.58. The number of carbonyl (C=O) groups excluding carboxylic acids is 2. The highest BCUT2D eigenvalue weighted by atomic mass is 35.5. The number of methoxy groups -OCH3 is 3. The first-order valence-corrected chi connectivity index (χ1v) is 13.6. The van der Waals surface area contributed by atoms with Crippen LogP contribution < -0.4 is 4.74 Å². The van der Waals surface area contributed by atoms with E-state index in [2.05, 4.69) is 17.1 Å². The van der Waals surface area contributed by atoms with Crippen molar-refractivity contribution in [2.45, 2.75) is 36.8 Å². The summed E-state index contributed by atoms with van der Waals surface area (Å²) >= 11 is 6.25. The average molecular weight is 567 g/mol. The van der Waals surface area contributed by atoms with Gasteiger partial charge in [-0.2, -0.15) is 0 Å². The lowest BCUT2D eigenvalue weighted by molar-refractivity contribution is -0.146. The van der Waals surface area contributed by atoms with Crippen LogP contribution in [-0.4, -0.2) is 68.4 Å². The molecule has 2 heterocycles. The van der Waals surface area contributed by atoms with Crippen molar-refractivity contribution in [2.24, 2.45) is 17.0 Å². The van der Waals surface area contributed by atoms with Crippen LogP contribution in [0.25, 0.3) is 0 Å². The van der Waals surface area contributed by atoms with Gasteiger partial charge >= 0.3 is 5.97 Å². The molecule has 2 aliphatic carbocycles. The van der Waals surface area contributed by atoms with Gasteiger partial charge in [0, 0.05) is 45.5 Å². The number of carbonyl (C=O) groups is 2. The van der Waals surface area contributed by atoms with Gasteiger partial charge in [-0.05, 0) is 56.3 Å². The predicted molar refractivity (Wildman–Crippen MR) is 147 cm³/mol. The summed E-state index contributed by atoms with van der Waals surface area (Å²) in [4.78, 5) is 34.8. The second-order valence-corrected chi connectivity index (χ2v) is 11.3. The van der Waals surface area contributed by atoms with Gasteiger partial charge < -0.3 is 29.1 Å². The lowest BCUT2D eigenvalue weighted by atomic mass is 9.53. The Balaban J connectivity index is 1.55. The topological polar surface area (TPSA) is 107 Å². The summed E-state index contributed by atoms with van der Waals surface area (Å²) in [5.74, 6) is -0.937. The average Bonchev–Trinajstić information content (AvgIpc) is 3.39. The first-order chi connectivity index (χ1) is 19.2. The summed E-state index contributed by atoms with van der Waals surface area (Å²) in [6.07, 6.45) is 2.51. The van der Waals surface area contributed by atoms with Gasteiger partial charge in [-0.15, -0.1) is 0 Å². The van der Waals surface area contributed by atoms with E-state index in [1.54, 1.807) is 24.3 Å². The van der Waals surface area contributed by atoms with Crippen LogP contribution in [0.15, 0.2) is 47.3 Å². The molecule has 2 aromatic rings. The summed E-state index contributed by atoms with van der Waals surface area (Å²) in [6, 6.07) is 8.83. The molecule has 1 unspecified atom stereocenters. The molecule has 0 amide bonds. The van der Waals surface area contributed by atoms with Crippen molar-refractivity contribution in [1.29, 1.82) is 0 Å². The fourth-order valence-electron chi connectivity index (χ4n) is 7.24. The number of Topliss-reactive ketones (excluding diaryl/α,β-unsaturated/α-hetero) is 1. The van der Waals surface area contributed by atoms with Crippen LogP contribution in [0, 0.1) is 11.8 Å². The number of halogens is 1. The molecule has 2 aliphatic heterocycles. The number of phenolic OH excluding ortho intramolecular Hbond substituents is 1. The minimum absolute atomic E-state index is 0.0138. The molecule has 5 atom stereocenters. The summed E-state index contributed by atoms with van der Waals surface area (Å²) in [5.41, 5.74) is 2.59. The molecule has 40 heavy (non-hydrogen) atoms. The Morgan fingerprint density at radius 3 is 2.73 bits per heavy atom. The van der Waals surface area contributed by atoms with Crippen LogP contribution in [0.2, 0.25) is 5.02 Å². The van der Waals surface area contributed by atoms with E-state index in [4.69, 9.17) is 30.6 Å². The van der Waals surface area contributed by atoms with E-state index >= 15 is 0 Å². The Morgan fingerprint density at radius 2 is 2.02 bits per heavy atom.